The summed E-state index contributed by atoms with van der Waals surface area (Å²) in [6.07, 6.45) is 2.86. The second-order valence-electron chi connectivity index (χ2n) is 7.57. The van der Waals surface area contributed by atoms with Gasteiger partial charge < -0.3 is 10.2 Å². The number of hydrogen-bond acceptors (Lipinski definition) is 4. The SMILES string of the molecule is CCCCNC(=O)[C@H](C)N(Cc1ccccc1)C(=O)CN(c1ccc(I)cc1)S(C)(=O)=O. The van der Waals surface area contributed by atoms with Gasteiger partial charge in [0.1, 0.15) is 12.6 Å². The largest absolute Gasteiger partial charge is 0.354 e. The number of sulfonamides is 1. The summed E-state index contributed by atoms with van der Waals surface area (Å²) in [4.78, 5) is 27.5. The summed E-state index contributed by atoms with van der Waals surface area (Å²) in [7, 11) is -3.71. The molecule has 0 fully saturated rings. The highest BCUT2D eigenvalue weighted by Gasteiger charge is 2.29. The molecule has 7 nitrogen and oxygen atoms in total. The van der Waals surface area contributed by atoms with Crippen LogP contribution in [0.25, 0.3) is 0 Å². The Labute approximate surface area is 204 Å². The fraction of sp³-hybridized carbons (Fsp3) is 0.391. The number of rotatable bonds is 11. The first-order chi connectivity index (χ1) is 15.1. The summed E-state index contributed by atoms with van der Waals surface area (Å²) in [5, 5.41) is 2.86. The molecule has 0 radical (unpaired) electrons. The van der Waals surface area contributed by atoms with Crippen LogP contribution in [0.3, 0.4) is 0 Å². The summed E-state index contributed by atoms with van der Waals surface area (Å²) in [5.41, 5.74) is 1.26. The van der Waals surface area contributed by atoms with Crippen molar-refractivity contribution in [2.24, 2.45) is 0 Å². The van der Waals surface area contributed by atoms with Crippen LogP contribution < -0.4 is 9.62 Å². The second kappa shape index (κ2) is 12.2. The van der Waals surface area contributed by atoms with Crippen molar-refractivity contribution >= 4 is 50.1 Å². The van der Waals surface area contributed by atoms with Crippen LogP contribution in [0.15, 0.2) is 54.6 Å². The van der Waals surface area contributed by atoms with Gasteiger partial charge in [-0.15, -0.1) is 0 Å². The van der Waals surface area contributed by atoms with E-state index in [0.717, 1.165) is 32.5 Å². The fourth-order valence-corrected chi connectivity index (χ4v) is 4.33. The van der Waals surface area contributed by atoms with Crippen molar-refractivity contribution in [2.45, 2.75) is 39.3 Å². The normalized spacial score (nSPS) is 12.1. The van der Waals surface area contributed by atoms with Crippen molar-refractivity contribution in [3.05, 3.63) is 63.7 Å². The number of benzene rings is 2. The van der Waals surface area contributed by atoms with Crippen LogP contribution in [0.5, 0.6) is 0 Å². The second-order valence-corrected chi connectivity index (χ2v) is 10.7. The Balaban J connectivity index is 2.30. The predicted molar refractivity (Wildman–Crippen MR) is 136 cm³/mol. The molecule has 2 rings (SSSR count). The van der Waals surface area contributed by atoms with Crippen molar-refractivity contribution in [1.82, 2.24) is 10.2 Å². The molecule has 0 aliphatic carbocycles. The van der Waals surface area contributed by atoms with Crippen molar-refractivity contribution in [2.75, 3.05) is 23.7 Å². The first kappa shape index (κ1) is 26.1. The molecule has 1 atom stereocenters. The lowest BCUT2D eigenvalue weighted by Gasteiger charge is -2.31. The van der Waals surface area contributed by atoms with Crippen LogP contribution in [0, 0.1) is 3.57 Å². The number of carbonyl (C=O) groups is 2. The molecule has 0 aliphatic rings. The van der Waals surface area contributed by atoms with Gasteiger partial charge >= 0.3 is 0 Å². The summed E-state index contributed by atoms with van der Waals surface area (Å²) in [5.74, 6) is -0.709. The Morgan fingerprint density at radius 3 is 2.25 bits per heavy atom. The van der Waals surface area contributed by atoms with Crippen molar-refractivity contribution < 1.29 is 18.0 Å². The Bertz CT molecular complexity index is 998. The highest BCUT2D eigenvalue weighted by Crippen LogP contribution is 2.20. The van der Waals surface area contributed by atoms with Crippen LogP contribution in [0.4, 0.5) is 5.69 Å². The van der Waals surface area contributed by atoms with E-state index in [0.29, 0.717) is 12.2 Å². The highest BCUT2D eigenvalue weighted by atomic mass is 127. The summed E-state index contributed by atoms with van der Waals surface area (Å²) < 4.78 is 27.0. The number of nitrogens with zero attached hydrogens (tertiary/aromatic N) is 2. The first-order valence-corrected chi connectivity index (χ1v) is 13.4. The molecule has 2 amide bonds. The fourth-order valence-electron chi connectivity index (χ4n) is 3.12. The lowest BCUT2D eigenvalue weighted by atomic mass is 10.1. The van der Waals surface area contributed by atoms with Crippen molar-refractivity contribution in [3.8, 4) is 0 Å². The highest BCUT2D eigenvalue weighted by molar-refractivity contribution is 14.1. The van der Waals surface area contributed by atoms with E-state index >= 15 is 0 Å². The molecule has 174 valence electrons. The van der Waals surface area contributed by atoms with Crippen LogP contribution in [0.1, 0.15) is 32.3 Å². The van der Waals surface area contributed by atoms with Gasteiger partial charge in [-0.2, -0.15) is 0 Å². The molecule has 0 aliphatic heterocycles. The van der Waals surface area contributed by atoms with E-state index in [4.69, 9.17) is 0 Å². The molecule has 0 unspecified atom stereocenters. The summed E-state index contributed by atoms with van der Waals surface area (Å²) in [6.45, 7) is 4.04. The van der Waals surface area contributed by atoms with Gasteiger partial charge in [0.25, 0.3) is 0 Å². The number of nitrogens with one attached hydrogen (secondary N) is 1. The lowest BCUT2D eigenvalue weighted by molar-refractivity contribution is -0.139. The third-order valence-electron chi connectivity index (χ3n) is 4.99. The van der Waals surface area contributed by atoms with Gasteiger partial charge in [0.05, 0.1) is 11.9 Å². The number of anilines is 1. The zero-order chi connectivity index (χ0) is 23.7. The van der Waals surface area contributed by atoms with E-state index < -0.39 is 28.5 Å². The number of carbonyl (C=O) groups excluding carboxylic acids is 2. The molecule has 0 heterocycles. The molecule has 0 bridgehead atoms. The smallest absolute Gasteiger partial charge is 0.244 e. The third kappa shape index (κ3) is 7.77. The monoisotopic (exact) mass is 571 g/mol. The van der Waals surface area contributed by atoms with Gasteiger partial charge in [-0.25, -0.2) is 8.42 Å². The van der Waals surface area contributed by atoms with Gasteiger partial charge in [-0.05, 0) is 65.8 Å². The molecular weight excluding hydrogens is 541 g/mol. The predicted octanol–water partition coefficient (Wildman–Crippen LogP) is 3.39. The van der Waals surface area contributed by atoms with E-state index in [1.54, 1.807) is 31.2 Å². The van der Waals surface area contributed by atoms with E-state index in [1.165, 1.54) is 4.90 Å². The molecule has 0 saturated carbocycles. The van der Waals surface area contributed by atoms with Gasteiger partial charge in [0.2, 0.25) is 21.8 Å². The maximum atomic E-state index is 13.4. The van der Waals surface area contributed by atoms with Crippen molar-refractivity contribution in [1.29, 1.82) is 0 Å². The molecule has 1 N–H and O–H groups in total. The zero-order valence-electron chi connectivity index (χ0n) is 18.6. The molecule has 9 heteroatoms. The van der Waals surface area contributed by atoms with Gasteiger partial charge in [0.15, 0.2) is 0 Å². The Kier molecular flexibility index (Phi) is 9.95. The van der Waals surface area contributed by atoms with Crippen molar-refractivity contribution in [3.63, 3.8) is 0 Å². The average Bonchev–Trinajstić information content (AvgIpc) is 2.76. The van der Waals surface area contributed by atoms with Crippen LogP contribution >= 0.6 is 22.6 Å². The molecule has 32 heavy (non-hydrogen) atoms. The minimum Gasteiger partial charge on any atom is -0.354 e. The lowest BCUT2D eigenvalue weighted by Crippen LogP contribution is -2.51. The van der Waals surface area contributed by atoms with Gasteiger partial charge in [0, 0.05) is 16.7 Å². The van der Waals surface area contributed by atoms with Crippen LogP contribution in [-0.2, 0) is 26.2 Å². The Morgan fingerprint density at radius 1 is 1.06 bits per heavy atom. The number of unbranched alkanes of at least 4 members (excludes halogenated alkanes) is 1. The maximum Gasteiger partial charge on any atom is 0.244 e. The number of amides is 2. The minimum absolute atomic E-state index is 0.201. The molecule has 2 aromatic rings. The van der Waals surface area contributed by atoms with E-state index in [2.05, 4.69) is 27.9 Å². The van der Waals surface area contributed by atoms with Crippen LogP contribution in [0.2, 0.25) is 0 Å². The molecular formula is C23H30IN3O4S. The number of halogens is 1. The molecule has 0 spiro atoms. The first-order valence-electron chi connectivity index (χ1n) is 10.5. The van der Waals surface area contributed by atoms with Gasteiger partial charge in [-0.1, -0.05) is 43.7 Å². The molecule has 0 saturated heterocycles. The zero-order valence-corrected chi connectivity index (χ0v) is 21.6. The Hall–Kier alpha value is -2.14. The average molecular weight is 571 g/mol. The third-order valence-corrected chi connectivity index (χ3v) is 6.85. The molecule has 0 aromatic heterocycles. The maximum absolute atomic E-state index is 13.4. The Morgan fingerprint density at radius 2 is 1.69 bits per heavy atom. The minimum atomic E-state index is -3.71. The topological polar surface area (TPSA) is 86.8 Å². The van der Waals surface area contributed by atoms with E-state index in [1.807, 2.05) is 37.3 Å². The number of hydrogen-bond donors (Lipinski definition) is 1. The summed E-state index contributed by atoms with van der Waals surface area (Å²) >= 11 is 2.13. The van der Waals surface area contributed by atoms with E-state index in [-0.39, 0.29) is 12.5 Å². The molecule has 2 aromatic carbocycles. The summed E-state index contributed by atoms with van der Waals surface area (Å²) in [6, 6.07) is 15.5. The quantitative estimate of drug-likeness (QED) is 0.331. The standard InChI is InChI=1S/C23H30IN3O4S/c1-4-5-15-25-23(29)18(2)26(16-19-9-7-6-8-10-19)22(28)17-27(32(3,30)31)21-13-11-20(24)12-14-21/h6-14,18H,4-5,15-17H2,1-3H3,(H,25,29)/t18-/m0/s1. The van der Waals surface area contributed by atoms with Gasteiger partial charge in [-0.3, -0.25) is 13.9 Å². The van der Waals surface area contributed by atoms with E-state index in [9.17, 15) is 18.0 Å². The van der Waals surface area contributed by atoms with Crippen LogP contribution in [-0.4, -0.2) is 50.5 Å².